The van der Waals surface area contributed by atoms with E-state index in [0.29, 0.717) is 20.9 Å². The first-order valence-corrected chi connectivity index (χ1v) is 12.6. The lowest BCUT2D eigenvalue weighted by molar-refractivity contribution is -0.114. The number of carbonyl (C=O) groups is 2. The fraction of sp³-hybridized carbons (Fsp3) is 0.304. The Morgan fingerprint density at radius 1 is 1.22 bits per heavy atom. The van der Waals surface area contributed by atoms with Crippen LogP contribution < -0.4 is 4.74 Å². The van der Waals surface area contributed by atoms with Crippen molar-refractivity contribution in [2.24, 2.45) is 0 Å². The second-order valence-corrected chi connectivity index (χ2v) is 10.4. The minimum absolute atomic E-state index is 0.0257. The number of hydrogen-bond donors (Lipinski definition) is 0. The van der Waals surface area contributed by atoms with Gasteiger partial charge in [0, 0.05) is 11.3 Å². The van der Waals surface area contributed by atoms with Crippen molar-refractivity contribution in [2.75, 3.05) is 6.61 Å². The molecule has 0 N–H and O–H groups in total. The van der Waals surface area contributed by atoms with Crippen LogP contribution in [-0.4, -0.2) is 24.5 Å². The summed E-state index contributed by atoms with van der Waals surface area (Å²) >= 11 is 5.39. The molecule has 0 bridgehead atoms. The minimum atomic E-state index is -0.519. The van der Waals surface area contributed by atoms with Crippen LogP contribution in [-0.2, 0) is 16.0 Å². The van der Waals surface area contributed by atoms with Crippen LogP contribution in [0.4, 0.5) is 0 Å². The fourth-order valence-corrected chi connectivity index (χ4v) is 6.05. The van der Waals surface area contributed by atoms with Gasteiger partial charge in [0.05, 0.1) is 31.0 Å². The zero-order chi connectivity index (χ0) is 24.0. The first-order chi connectivity index (χ1) is 15.1. The SMILES string of the molecule is CCOC(=O)c1sc(CC(=O)/C(C#N)=C/c2cc(I)c(OC(C)C)c(I)c2)c(C#N)c1C. The number of nitriles is 2. The summed E-state index contributed by atoms with van der Waals surface area (Å²) in [7, 11) is 0. The van der Waals surface area contributed by atoms with Crippen LogP contribution in [0.1, 0.15) is 52.0 Å². The fourth-order valence-electron chi connectivity index (χ4n) is 2.83. The standard InChI is InChI=1S/C23H20I2N2O4S/c1-5-30-23(29)22-13(4)16(11-27)20(32-22)9-19(28)15(10-26)6-14-7-17(24)21(18(25)8-14)31-12(2)3/h6-8,12H,5,9H2,1-4H3/b15-6+. The van der Waals surface area contributed by atoms with Gasteiger partial charge in [-0.2, -0.15) is 10.5 Å². The Bertz CT molecular complexity index is 1150. The lowest BCUT2D eigenvalue weighted by Crippen LogP contribution is -2.08. The van der Waals surface area contributed by atoms with Crippen LogP contribution in [0, 0.1) is 36.7 Å². The highest BCUT2D eigenvalue weighted by atomic mass is 127. The molecule has 6 nitrogen and oxygen atoms in total. The molecule has 2 aromatic rings. The maximum absolute atomic E-state index is 12.9. The van der Waals surface area contributed by atoms with E-state index in [-0.39, 0.29) is 30.3 Å². The molecule has 0 aliphatic heterocycles. The van der Waals surface area contributed by atoms with Crippen LogP contribution >= 0.6 is 56.5 Å². The van der Waals surface area contributed by atoms with Crippen molar-refractivity contribution >= 4 is 74.3 Å². The van der Waals surface area contributed by atoms with E-state index in [9.17, 15) is 20.1 Å². The molecule has 0 unspecified atom stereocenters. The zero-order valence-electron chi connectivity index (χ0n) is 17.9. The van der Waals surface area contributed by atoms with Crippen molar-refractivity contribution in [3.8, 4) is 17.9 Å². The lowest BCUT2D eigenvalue weighted by Gasteiger charge is -2.14. The van der Waals surface area contributed by atoms with Gasteiger partial charge in [-0.1, -0.05) is 0 Å². The molecule has 32 heavy (non-hydrogen) atoms. The summed E-state index contributed by atoms with van der Waals surface area (Å²) in [6.07, 6.45) is 1.42. The third-order valence-corrected chi connectivity index (χ3v) is 7.09. The number of benzene rings is 1. The maximum atomic E-state index is 12.9. The molecule has 166 valence electrons. The van der Waals surface area contributed by atoms with E-state index < -0.39 is 11.8 Å². The van der Waals surface area contributed by atoms with Gasteiger partial charge in [-0.15, -0.1) is 11.3 Å². The summed E-state index contributed by atoms with van der Waals surface area (Å²) in [5.74, 6) is -0.176. The van der Waals surface area contributed by atoms with Crippen LogP contribution in [0.25, 0.3) is 6.08 Å². The molecule has 0 aliphatic carbocycles. The molecule has 1 aromatic heterocycles. The highest BCUT2D eigenvalue weighted by molar-refractivity contribution is 14.1. The number of hydrogen-bond acceptors (Lipinski definition) is 7. The van der Waals surface area contributed by atoms with E-state index >= 15 is 0 Å². The molecule has 1 heterocycles. The summed E-state index contributed by atoms with van der Waals surface area (Å²) in [6.45, 7) is 7.46. The smallest absolute Gasteiger partial charge is 0.348 e. The number of ketones is 1. The van der Waals surface area contributed by atoms with E-state index in [2.05, 4.69) is 51.3 Å². The van der Waals surface area contributed by atoms with Gasteiger partial charge in [-0.3, -0.25) is 4.79 Å². The third-order valence-electron chi connectivity index (χ3n) is 4.22. The summed E-state index contributed by atoms with van der Waals surface area (Å²) in [5, 5.41) is 19.1. The Morgan fingerprint density at radius 3 is 2.34 bits per heavy atom. The van der Waals surface area contributed by atoms with Crippen LogP contribution in [0.3, 0.4) is 0 Å². The molecule has 9 heteroatoms. The quantitative estimate of drug-likeness (QED) is 0.152. The van der Waals surface area contributed by atoms with Crippen LogP contribution in [0.15, 0.2) is 17.7 Å². The van der Waals surface area contributed by atoms with E-state index in [1.54, 1.807) is 13.8 Å². The molecule has 0 radical (unpaired) electrons. The molecule has 0 atom stereocenters. The first-order valence-electron chi connectivity index (χ1n) is 9.63. The monoisotopic (exact) mass is 674 g/mol. The Labute approximate surface area is 218 Å². The average molecular weight is 674 g/mol. The van der Waals surface area contributed by atoms with E-state index in [1.165, 1.54) is 6.08 Å². The molecule has 0 saturated carbocycles. The number of carbonyl (C=O) groups excluding carboxylic acids is 2. The number of rotatable bonds is 8. The van der Waals surface area contributed by atoms with Gasteiger partial charge in [-0.25, -0.2) is 4.79 Å². The van der Waals surface area contributed by atoms with Crippen molar-refractivity contribution < 1.29 is 19.1 Å². The summed E-state index contributed by atoms with van der Waals surface area (Å²) in [6, 6.07) is 7.72. The van der Waals surface area contributed by atoms with Crippen LogP contribution in [0.5, 0.6) is 5.75 Å². The molecule has 1 aromatic carbocycles. The average Bonchev–Trinajstić information content (AvgIpc) is 3.03. The van der Waals surface area contributed by atoms with Crippen molar-refractivity contribution in [3.05, 3.63) is 51.3 Å². The summed E-state index contributed by atoms with van der Waals surface area (Å²) in [5.41, 5.74) is 1.45. The van der Waals surface area contributed by atoms with Crippen molar-refractivity contribution in [1.82, 2.24) is 0 Å². The van der Waals surface area contributed by atoms with Crippen molar-refractivity contribution in [1.29, 1.82) is 10.5 Å². The number of esters is 1. The van der Waals surface area contributed by atoms with Gasteiger partial charge in [0.2, 0.25) is 0 Å². The molecule has 0 spiro atoms. The maximum Gasteiger partial charge on any atom is 0.348 e. The number of nitrogens with zero attached hydrogens (tertiary/aromatic N) is 2. The number of Topliss-reactive ketones (excluding diaryl/α,β-unsaturated/α-hetero) is 1. The second kappa shape index (κ2) is 11.8. The second-order valence-electron chi connectivity index (χ2n) is 6.94. The van der Waals surface area contributed by atoms with Crippen molar-refractivity contribution in [3.63, 3.8) is 0 Å². The minimum Gasteiger partial charge on any atom is -0.489 e. The zero-order valence-corrected chi connectivity index (χ0v) is 23.0. The van der Waals surface area contributed by atoms with E-state index in [1.807, 2.05) is 32.0 Å². The number of thiophene rings is 1. The highest BCUT2D eigenvalue weighted by Gasteiger charge is 2.23. The molecule has 0 aliphatic rings. The third kappa shape index (κ3) is 6.30. The normalized spacial score (nSPS) is 11.1. The molecule has 2 rings (SSSR count). The van der Waals surface area contributed by atoms with E-state index in [4.69, 9.17) is 9.47 Å². The molecular weight excluding hydrogens is 654 g/mol. The summed E-state index contributed by atoms with van der Waals surface area (Å²) < 4.78 is 12.6. The van der Waals surface area contributed by atoms with Gasteiger partial charge >= 0.3 is 5.97 Å². The highest BCUT2D eigenvalue weighted by Crippen LogP contribution is 2.32. The Morgan fingerprint density at radius 2 is 1.84 bits per heavy atom. The molecule has 0 fully saturated rings. The number of allylic oxidation sites excluding steroid dienone is 1. The molecule has 0 saturated heterocycles. The van der Waals surface area contributed by atoms with Gasteiger partial charge < -0.3 is 9.47 Å². The number of halogens is 2. The van der Waals surface area contributed by atoms with Crippen molar-refractivity contribution in [2.45, 2.75) is 40.2 Å². The number of ether oxygens (including phenoxy) is 2. The van der Waals surface area contributed by atoms with Gasteiger partial charge in [-0.05, 0) is 102 Å². The Balaban J connectivity index is 2.36. The molecule has 0 amide bonds. The van der Waals surface area contributed by atoms with Gasteiger partial charge in [0.15, 0.2) is 5.78 Å². The van der Waals surface area contributed by atoms with Crippen LogP contribution in [0.2, 0.25) is 0 Å². The largest absolute Gasteiger partial charge is 0.489 e. The Kier molecular flexibility index (Phi) is 9.67. The topological polar surface area (TPSA) is 100 Å². The van der Waals surface area contributed by atoms with E-state index in [0.717, 1.165) is 24.2 Å². The van der Waals surface area contributed by atoms with Gasteiger partial charge in [0.25, 0.3) is 0 Å². The lowest BCUT2D eigenvalue weighted by atomic mass is 10.0. The van der Waals surface area contributed by atoms with Gasteiger partial charge in [0.1, 0.15) is 22.8 Å². The Hall–Kier alpha value is -1.96. The summed E-state index contributed by atoms with van der Waals surface area (Å²) in [4.78, 5) is 25.8. The predicted molar refractivity (Wildman–Crippen MR) is 140 cm³/mol. The first kappa shape index (κ1) is 26.3. The predicted octanol–water partition coefficient (Wildman–Crippen LogP) is 5.82. The molecular formula is C23H20I2N2O4S.